The van der Waals surface area contributed by atoms with E-state index in [1.54, 1.807) is 0 Å². The molecule has 8 amide bonds. The Morgan fingerprint density at radius 2 is 0.792 bits per heavy atom. The molecule has 2 atom stereocenters. The SMILES string of the molecule is O=C=NCNC(=O)NCCCCC(NC(=O)NCN=C=O)C(=O)OCCOCCOC(=O)C(CCCCNC(=O)NCN=C=O)NC(=O)NCN=C=O. The summed E-state index contributed by atoms with van der Waals surface area (Å²) < 4.78 is 15.7. The summed E-state index contributed by atoms with van der Waals surface area (Å²) in [4.78, 5) is 126. The molecule has 8 N–H and O–H groups in total. The van der Waals surface area contributed by atoms with Crippen LogP contribution in [0.3, 0.4) is 0 Å². The minimum absolute atomic E-state index is 0.111. The van der Waals surface area contributed by atoms with Gasteiger partial charge in [-0.2, -0.15) is 20.0 Å². The van der Waals surface area contributed by atoms with Gasteiger partial charge in [-0.25, -0.2) is 47.9 Å². The number of nitrogens with one attached hydrogen (secondary N) is 8. The molecule has 25 nitrogen and oxygen atoms in total. The van der Waals surface area contributed by atoms with Gasteiger partial charge in [-0.15, -0.1) is 0 Å². The lowest BCUT2D eigenvalue weighted by Crippen LogP contribution is -2.47. The Kier molecular flexibility index (Phi) is 28.7. The van der Waals surface area contributed by atoms with Crippen LogP contribution in [0.15, 0.2) is 20.0 Å². The highest BCUT2D eigenvalue weighted by molar-refractivity contribution is 5.84. The summed E-state index contributed by atoms with van der Waals surface area (Å²) >= 11 is 0. The summed E-state index contributed by atoms with van der Waals surface area (Å²) in [7, 11) is 0. The Labute approximate surface area is 302 Å². The summed E-state index contributed by atoms with van der Waals surface area (Å²) in [6, 6.07) is -4.99. The molecule has 0 radical (unpaired) electrons. The summed E-state index contributed by atoms with van der Waals surface area (Å²) in [5, 5.41) is 18.9. The maximum Gasteiger partial charge on any atom is 0.328 e. The lowest BCUT2D eigenvalue weighted by molar-refractivity contribution is -0.149. The van der Waals surface area contributed by atoms with Crippen molar-refractivity contribution >= 4 is 60.4 Å². The second-order valence-corrected chi connectivity index (χ2v) is 9.84. The molecule has 0 saturated heterocycles. The average molecular weight is 755 g/mol. The Balaban J connectivity index is 4.75. The van der Waals surface area contributed by atoms with Gasteiger partial charge < -0.3 is 56.7 Å². The number of urea groups is 4. The van der Waals surface area contributed by atoms with E-state index in [9.17, 15) is 47.9 Å². The van der Waals surface area contributed by atoms with Crippen LogP contribution in [-0.4, -0.2) is 139 Å². The molecule has 0 bridgehead atoms. The molecule has 0 aliphatic carbocycles. The van der Waals surface area contributed by atoms with E-state index in [0.717, 1.165) is 0 Å². The maximum atomic E-state index is 12.7. The molecule has 0 heterocycles. The van der Waals surface area contributed by atoms with Crippen molar-refractivity contribution in [2.24, 2.45) is 20.0 Å². The molecular weight excluding hydrogens is 712 g/mol. The Bertz CT molecular complexity index is 1260. The Hall–Kier alpha value is -6.50. The van der Waals surface area contributed by atoms with E-state index < -0.39 is 48.1 Å². The van der Waals surface area contributed by atoms with E-state index in [2.05, 4.69) is 62.5 Å². The van der Waals surface area contributed by atoms with Crippen LogP contribution in [0.1, 0.15) is 38.5 Å². The van der Waals surface area contributed by atoms with Crippen molar-refractivity contribution in [3.63, 3.8) is 0 Å². The van der Waals surface area contributed by atoms with Gasteiger partial charge >= 0.3 is 36.1 Å². The highest BCUT2D eigenvalue weighted by atomic mass is 16.6. The van der Waals surface area contributed by atoms with Crippen LogP contribution in [0.5, 0.6) is 0 Å². The Morgan fingerprint density at radius 1 is 0.453 bits per heavy atom. The molecule has 0 saturated carbocycles. The van der Waals surface area contributed by atoms with E-state index in [1.807, 2.05) is 0 Å². The minimum Gasteiger partial charge on any atom is -0.462 e. The van der Waals surface area contributed by atoms with E-state index in [4.69, 9.17) is 14.2 Å². The monoisotopic (exact) mass is 754 g/mol. The van der Waals surface area contributed by atoms with Crippen molar-refractivity contribution in [1.82, 2.24) is 42.5 Å². The Morgan fingerprint density at radius 3 is 1.13 bits per heavy atom. The standard InChI is InChI=1S/C28H42N12O13/c41-17-29-13-35-25(47)33-7-3-1-5-21(39-27(49)37-15-31-19-43)23(45)52-11-9-51-10-12-53-24(46)22(40-28(50)38-16-32-20-44)6-2-4-8-34-26(48)36-14-30-18-42/h21-22H,1-16H2,(H2,33,35,47)(H2,34,36,48)(H2,37,39,49)(H2,38,40,50). The van der Waals surface area contributed by atoms with Crippen molar-refractivity contribution in [2.75, 3.05) is 66.2 Å². The number of amides is 8. The van der Waals surface area contributed by atoms with E-state index in [-0.39, 0.29) is 79.0 Å². The van der Waals surface area contributed by atoms with Crippen LogP contribution in [-0.2, 0) is 43.0 Å². The summed E-state index contributed by atoms with van der Waals surface area (Å²) in [6.07, 6.45) is 6.79. The molecular formula is C28H42N12O13. The van der Waals surface area contributed by atoms with E-state index in [0.29, 0.717) is 25.7 Å². The van der Waals surface area contributed by atoms with Crippen LogP contribution in [0.2, 0.25) is 0 Å². The minimum atomic E-state index is -1.12. The fourth-order valence-corrected chi connectivity index (χ4v) is 3.67. The van der Waals surface area contributed by atoms with Gasteiger partial charge in [-0.1, -0.05) is 0 Å². The number of hydrogen-bond acceptors (Lipinski definition) is 17. The van der Waals surface area contributed by atoms with Gasteiger partial charge in [0.2, 0.25) is 24.3 Å². The summed E-state index contributed by atoms with van der Waals surface area (Å²) in [6.45, 7) is -1.53. The van der Waals surface area contributed by atoms with Gasteiger partial charge in [0.25, 0.3) is 0 Å². The zero-order valence-corrected chi connectivity index (χ0v) is 28.6. The van der Waals surface area contributed by atoms with Crippen molar-refractivity contribution in [3.05, 3.63) is 0 Å². The fourth-order valence-electron chi connectivity index (χ4n) is 3.67. The molecule has 0 rings (SSSR count). The van der Waals surface area contributed by atoms with E-state index in [1.165, 1.54) is 24.3 Å². The van der Waals surface area contributed by atoms with E-state index >= 15 is 0 Å². The van der Waals surface area contributed by atoms with Crippen LogP contribution in [0.4, 0.5) is 19.2 Å². The number of isocyanates is 4. The lowest BCUT2D eigenvalue weighted by atomic mass is 10.1. The quantitative estimate of drug-likeness (QED) is 0.0178. The lowest BCUT2D eigenvalue weighted by Gasteiger charge is -2.18. The zero-order chi connectivity index (χ0) is 39.4. The second-order valence-electron chi connectivity index (χ2n) is 9.84. The predicted molar refractivity (Wildman–Crippen MR) is 176 cm³/mol. The first-order valence-corrected chi connectivity index (χ1v) is 15.9. The third kappa shape index (κ3) is 28.0. The molecule has 2 unspecified atom stereocenters. The van der Waals surface area contributed by atoms with Crippen molar-refractivity contribution in [3.8, 4) is 0 Å². The number of carbonyl (C=O) groups is 6. The number of aliphatic imine (C=N–C) groups is 4. The number of ether oxygens (including phenoxy) is 3. The molecule has 0 aromatic heterocycles. The van der Waals surface area contributed by atoms with Crippen molar-refractivity contribution in [2.45, 2.75) is 50.6 Å². The zero-order valence-electron chi connectivity index (χ0n) is 28.6. The highest BCUT2D eigenvalue weighted by Gasteiger charge is 2.23. The molecule has 0 aromatic rings. The molecule has 0 aliphatic heterocycles. The van der Waals surface area contributed by atoms with Crippen molar-refractivity contribution in [1.29, 1.82) is 0 Å². The third-order valence-corrected chi connectivity index (χ3v) is 6.07. The number of esters is 2. The molecule has 53 heavy (non-hydrogen) atoms. The molecule has 0 aliphatic rings. The number of unbranched alkanes of at least 4 members (excludes halogenated alkanes) is 2. The van der Waals surface area contributed by atoms with Crippen LogP contribution in [0, 0.1) is 0 Å². The topological polar surface area (TPSA) is 344 Å². The summed E-state index contributed by atoms with van der Waals surface area (Å²) in [5.74, 6) is -1.61. The van der Waals surface area contributed by atoms with Gasteiger partial charge in [0, 0.05) is 13.1 Å². The average Bonchev–Trinajstić information content (AvgIpc) is 3.13. The van der Waals surface area contributed by atoms with Crippen LogP contribution >= 0.6 is 0 Å². The number of rotatable bonds is 28. The van der Waals surface area contributed by atoms with Gasteiger partial charge in [-0.3, -0.25) is 0 Å². The third-order valence-electron chi connectivity index (χ3n) is 6.07. The molecule has 0 spiro atoms. The first-order chi connectivity index (χ1) is 25.7. The van der Waals surface area contributed by atoms with Gasteiger partial charge in [-0.05, 0) is 38.5 Å². The summed E-state index contributed by atoms with van der Waals surface area (Å²) in [5.41, 5.74) is 0. The van der Waals surface area contributed by atoms with Gasteiger partial charge in [0.05, 0.1) is 13.2 Å². The molecule has 0 aromatic carbocycles. The number of hydrogen-bond donors (Lipinski definition) is 8. The number of nitrogens with zero attached hydrogens (tertiary/aromatic N) is 4. The fraction of sp³-hybridized carbons (Fsp3) is 0.643. The predicted octanol–water partition coefficient (Wildman–Crippen LogP) is -2.46. The number of carbonyl (C=O) groups excluding carboxylic acids is 10. The molecule has 292 valence electrons. The molecule has 0 fully saturated rings. The van der Waals surface area contributed by atoms with Crippen LogP contribution in [0.25, 0.3) is 0 Å². The van der Waals surface area contributed by atoms with Crippen molar-refractivity contribution < 1.29 is 62.2 Å². The highest BCUT2D eigenvalue weighted by Crippen LogP contribution is 2.05. The first kappa shape index (κ1) is 46.5. The maximum absolute atomic E-state index is 12.7. The van der Waals surface area contributed by atoms with Gasteiger partial charge in [0.15, 0.2) is 0 Å². The molecule has 25 heteroatoms. The van der Waals surface area contributed by atoms with Gasteiger partial charge in [0.1, 0.15) is 52.0 Å². The smallest absolute Gasteiger partial charge is 0.328 e. The second kappa shape index (κ2) is 32.7. The largest absolute Gasteiger partial charge is 0.462 e. The first-order valence-electron chi connectivity index (χ1n) is 15.9. The van der Waals surface area contributed by atoms with Crippen LogP contribution < -0.4 is 42.5 Å². The normalized spacial score (nSPS) is 10.7.